The number of carbonyl (C=O) groups excluding carboxylic acids is 1. The molecule has 2 aliphatic heterocycles. The Balaban J connectivity index is 1.72. The first-order valence-corrected chi connectivity index (χ1v) is 13.0. The van der Waals surface area contributed by atoms with Crippen LogP contribution in [0.1, 0.15) is 13.8 Å². The Morgan fingerprint density at radius 3 is 2.51 bits per heavy atom. The molecule has 0 radical (unpaired) electrons. The normalized spacial score (nSPS) is 19.8. The standard InChI is InChI=1S/C29H33F4N5O3/c1-17-10-23(29(31,32)33)22(14-34-17)28(39)36-25-11-21(20-6-7-27(35-13-20)41-9-8-40-5)24(30)12-26(25)38-15-18(2)37(4)19(3)16-38/h6-7,10-14,18-19,34H,1,8-9,15-16H2,2-5H3,(H,36,39)/t18-,19+. The third kappa shape index (κ3) is 6.88. The molecule has 1 aromatic carbocycles. The first kappa shape index (κ1) is 30.1. The molecule has 2 aliphatic rings. The smallest absolute Gasteiger partial charge is 0.417 e. The van der Waals surface area contributed by atoms with Crippen LogP contribution in [-0.4, -0.2) is 74.5 Å². The number of anilines is 2. The molecule has 0 saturated carbocycles. The molecule has 4 rings (SSSR count). The van der Waals surface area contributed by atoms with Crippen LogP contribution in [0.3, 0.4) is 0 Å². The lowest BCUT2D eigenvalue weighted by atomic mass is 10.0. The third-order valence-electron chi connectivity index (χ3n) is 7.18. The average molecular weight is 576 g/mol. The maximum atomic E-state index is 15.6. The van der Waals surface area contributed by atoms with Crippen molar-refractivity contribution in [2.24, 2.45) is 0 Å². The SMILES string of the molecule is C=C1C=C(C(F)(F)F)C(C(=O)Nc2cc(-c3ccc(OCCOC)nc3)c(F)cc2N2C[C@@H](C)N(C)[C@@H](C)C2)=CN1. The van der Waals surface area contributed by atoms with Gasteiger partial charge in [-0.05, 0) is 45.2 Å². The van der Waals surface area contributed by atoms with Crippen molar-refractivity contribution < 1.29 is 31.8 Å². The van der Waals surface area contributed by atoms with E-state index in [2.05, 4.69) is 27.1 Å². The highest BCUT2D eigenvalue weighted by molar-refractivity contribution is 6.09. The second kappa shape index (κ2) is 12.3. The van der Waals surface area contributed by atoms with Gasteiger partial charge in [-0.3, -0.25) is 9.69 Å². The summed E-state index contributed by atoms with van der Waals surface area (Å²) < 4.78 is 67.4. The Morgan fingerprint density at radius 2 is 1.90 bits per heavy atom. The predicted octanol–water partition coefficient (Wildman–Crippen LogP) is 4.87. The van der Waals surface area contributed by atoms with Crippen molar-refractivity contribution in [3.63, 3.8) is 0 Å². The van der Waals surface area contributed by atoms with E-state index in [0.29, 0.717) is 36.8 Å². The van der Waals surface area contributed by atoms with E-state index in [1.807, 2.05) is 25.8 Å². The summed E-state index contributed by atoms with van der Waals surface area (Å²) in [5.41, 5.74) is -0.687. The summed E-state index contributed by atoms with van der Waals surface area (Å²) in [6, 6.07) is 6.13. The fourth-order valence-corrected chi connectivity index (χ4v) is 4.75. The summed E-state index contributed by atoms with van der Waals surface area (Å²) in [5, 5.41) is 5.19. The number of hydrogen-bond acceptors (Lipinski definition) is 7. The van der Waals surface area contributed by atoms with Gasteiger partial charge >= 0.3 is 6.18 Å². The summed E-state index contributed by atoms with van der Waals surface area (Å²) in [6.45, 7) is 9.26. The number of benzene rings is 1. The summed E-state index contributed by atoms with van der Waals surface area (Å²) in [6.07, 6.45) is -1.62. The lowest BCUT2D eigenvalue weighted by molar-refractivity contribution is -0.115. The van der Waals surface area contributed by atoms with Gasteiger partial charge in [0, 0.05) is 67.6 Å². The lowest BCUT2D eigenvalue weighted by Crippen LogP contribution is -2.55. The van der Waals surface area contributed by atoms with E-state index in [-0.39, 0.29) is 35.6 Å². The van der Waals surface area contributed by atoms with E-state index in [9.17, 15) is 18.0 Å². The molecule has 220 valence electrons. The molecule has 8 nitrogen and oxygen atoms in total. The average Bonchev–Trinajstić information content (AvgIpc) is 2.92. The summed E-state index contributed by atoms with van der Waals surface area (Å²) in [4.78, 5) is 21.6. The molecule has 2 N–H and O–H groups in total. The van der Waals surface area contributed by atoms with Crippen molar-refractivity contribution in [1.29, 1.82) is 0 Å². The molecule has 1 aromatic heterocycles. The zero-order valence-corrected chi connectivity index (χ0v) is 23.3. The largest absolute Gasteiger partial charge is 0.475 e. The number of nitrogens with zero attached hydrogens (tertiary/aromatic N) is 3. The van der Waals surface area contributed by atoms with Gasteiger partial charge in [0.15, 0.2) is 0 Å². The molecular weight excluding hydrogens is 542 g/mol. The number of methoxy groups -OCH3 is 1. The molecule has 1 amide bonds. The van der Waals surface area contributed by atoms with Gasteiger partial charge < -0.3 is 25.0 Å². The van der Waals surface area contributed by atoms with Gasteiger partial charge in [-0.2, -0.15) is 13.2 Å². The van der Waals surface area contributed by atoms with Crippen LogP contribution in [0.4, 0.5) is 28.9 Å². The monoisotopic (exact) mass is 575 g/mol. The molecule has 0 aliphatic carbocycles. The van der Waals surface area contributed by atoms with Crippen molar-refractivity contribution >= 4 is 17.3 Å². The number of hydrogen-bond donors (Lipinski definition) is 2. The van der Waals surface area contributed by atoms with Gasteiger partial charge in [0.1, 0.15) is 12.4 Å². The third-order valence-corrected chi connectivity index (χ3v) is 7.18. The van der Waals surface area contributed by atoms with E-state index in [0.717, 1.165) is 12.3 Å². The molecule has 3 heterocycles. The summed E-state index contributed by atoms with van der Waals surface area (Å²) in [7, 11) is 3.54. The van der Waals surface area contributed by atoms with Crippen molar-refractivity contribution in [3.05, 3.63) is 72.0 Å². The quantitative estimate of drug-likeness (QED) is 0.344. The molecule has 0 spiro atoms. The Hall–Kier alpha value is -3.90. The van der Waals surface area contributed by atoms with Crippen LogP contribution in [0, 0.1) is 5.82 Å². The lowest BCUT2D eigenvalue weighted by Gasteiger charge is -2.44. The number of pyridine rings is 1. The van der Waals surface area contributed by atoms with Gasteiger partial charge in [-0.1, -0.05) is 6.58 Å². The highest BCUT2D eigenvalue weighted by atomic mass is 19.4. The number of alkyl halides is 3. The number of allylic oxidation sites excluding steroid dienone is 1. The van der Waals surface area contributed by atoms with Gasteiger partial charge in [0.2, 0.25) is 5.88 Å². The minimum Gasteiger partial charge on any atom is -0.475 e. The van der Waals surface area contributed by atoms with Gasteiger partial charge in [0.25, 0.3) is 5.91 Å². The zero-order valence-electron chi connectivity index (χ0n) is 23.3. The minimum atomic E-state index is -4.79. The second-order valence-corrected chi connectivity index (χ2v) is 10.1. The zero-order chi connectivity index (χ0) is 29.9. The maximum absolute atomic E-state index is 15.6. The van der Waals surface area contributed by atoms with Crippen LogP contribution in [0.15, 0.2) is 66.2 Å². The Kier molecular flexibility index (Phi) is 9.03. The summed E-state index contributed by atoms with van der Waals surface area (Å²) >= 11 is 0. The van der Waals surface area contributed by atoms with Crippen molar-refractivity contribution in [3.8, 4) is 17.0 Å². The van der Waals surface area contributed by atoms with Gasteiger partial charge in [-0.15, -0.1) is 0 Å². The van der Waals surface area contributed by atoms with Crippen molar-refractivity contribution in [1.82, 2.24) is 15.2 Å². The van der Waals surface area contributed by atoms with E-state index in [1.165, 1.54) is 18.3 Å². The van der Waals surface area contributed by atoms with E-state index >= 15 is 4.39 Å². The highest BCUT2D eigenvalue weighted by Gasteiger charge is 2.40. The fraction of sp³-hybridized carbons (Fsp3) is 0.379. The van der Waals surface area contributed by atoms with Crippen molar-refractivity contribution in [2.45, 2.75) is 32.1 Å². The second-order valence-electron chi connectivity index (χ2n) is 10.1. The number of halogens is 4. The summed E-state index contributed by atoms with van der Waals surface area (Å²) in [5.74, 6) is -1.25. The van der Waals surface area contributed by atoms with E-state index < -0.39 is 29.0 Å². The molecule has 1 fully saturated rings. The number of dihydropyridines is 1. The Bertz CT molecular complexity index is 1350. The first-order valence-electron chi connectivity index (χ1n) is 13.0. The van der Waals surface area contributed by atoms with Crippen LogP contribution in [0.25, 0.3) is 11.1 Å². The van der Waals surface area contributed by atoms with Gasteiger partial charge in [0.05, 0.1) is 29.1 Å². The number of nitrogens with one attached hydrogen (secondary N) is 2. The highest BCUT2D eigenvalue weighted by Crippen LogP contribution is 2.38. The first-order chi connectivity index (χ1) is 19.4. The fourth-order valence-electron chi connectivity index (χ4n) is 4.75. The van der Waals surface area contributed by atoms with E-state index in [4.69, 9.17) is 9.47 Å². The number of carbonyl (C=O) groups is 1. The van der Waals surface area contributed by atoms with Crippen LogP contribution in [0.5, 0.6) is 5.88 Å². The van der Waals surface area contributed by atoms with E-state index in [1.54, 1.807) is 19.2 Å². The van der Waals surface area contributed by atoms with Crippen LogP contribution in [-0.2, 0) is 9.53 Å². The Morgan fingerprint density at radius 1 is 1.20 bits per heavy atom. The maximum Gasteiger partial charge on any atom is 0.417 e. The number of rotatable bonds is 8. The van der Waals surface area contributed by atoms with Crippen molar-refractivity contribution in [2.75, 3.05) is 50.7 Å². The molecule has 2 atom stereocenters. The number of likely N-dealkylation sites (N-methyl/N-ethyl adjacent to an activating group) is 1. The van der Waals surface area contributed by atoms with Crippen LogP contribution >= 0.6 is 0 Å². The van der Waals surface area contributed by atoms with Crippen LogP contribution < -0.4 is 20.3 Å². The molecule has 1 saturated heterocycles. The number of piperazine rings is 1. The molecular formula is C29H33F4N5O3. The minimum absolute atomic E-state index is 0.00110. The molecule has 2 aromatic rings. The van der Waals surface area contributed by atoms with Gasteiger partial charge in [-0.25, -0.2) is 9.37 Å². The topological polar surface area (TPSA) is 79.0 Å². The molecule has 12 heteroatoms. The van der Waals surface area contributed by atoms with Crippen LogP contribution in [0.2, 0.25) is 0 Å². The Labute approximate surface area is 236 Å². The number of aromatic nitrogens is 1. The molecule has 0 unspecified atom stereocenters. The predicted molar refractivity (Wildman–Crippen MR) is 149 cm³/mol. The number of amides is 1. The molecule has 0 bridgehead atoms. The molecule has 41 heavy (non-hydrogen) atoms. The number of ether oxygens (including phenoxy) is 2.